The molecule has 0 nitrogen and oxygen atoms in total. The van der Waals surface area contributed by atoms with Crippen LogP contribution in [0.3, 0.4) is 0 Å². The van der Waals surface area contributed by atoms with E-state index in [1.165, 1.54) is 29.7 Å². The molecule has 0 amide bonds. The van der Waals surface area contributed by atoms with E-state index in [0.29, 0.717) is 0 Å². The van der Waals surface area contributed by atoms with E-state index in [2.05, 4.69) is 54.7 Å². The van der Waals surface area contributed by atoms with Crippen LogP contribution in [0.5, 0.6) is 0 Å². The normalized spacial score (nSPS) is 39.1. The Balaban J connectivity index is 1.46. The van der Waals surface area contributed by atoms with Crippen molar-refractivity contribution < 1.29 is 0 Å². The molecule has 0 bridgehead atoms. The minimum absolute atomic E-state index is 0.847. The summed E-state index contributed by atoms with van der Waals surface area (Å²) in [5, 5.41) is 3.48. The molecule has 0 aromatic heterocycles. The fourth-order valence-electron chi connectivity index (χ4n) is 1.79. The molecule has 0 aliphatic carbocycles. The summed E-state index contributed by atoms with van der Waals surface area (Å²) in [6.45, 7) is 0. The Morgan fingerprint density at radius 2 is 1.65 bits per heavy atom. The number of hydrogen-bond donors (Lipinski definition) is 0. The van der Waals surface area contributed by atoms with Crippen molar-refractivity contribution in [1.29, 1.82) is 0 Å². The predicted octanol–water partition coefficient (Wildman–Crippen LogP) is 1.05. The Morgan fingerprint density at radius 3 is 2.24 bits per heavy atom. The second-order valence-electron chi connectivity index (χ2n) is 4.54. The zero-order valence-corrected chi connectivity index (χ0v) is 17.8. The summed E-state index contributed by atoms with van der Waals surface area (Å²) in [5.41, 5.74) is 0. The van der Waals surface area contributed by atoms with Crippen molar-refractivity contribution in [3.05, 3.63) is 0 Å². The second kappa shape index (κ2) is 6.52. The fourth-order valence-corrected chi connectivity index (χ4v) is 15.5. The van der Waals surface area contributed by atoms with Crippen molar-refractivity contribution in [2.75, 3.05) is 11.5 Å². The van der Waals surface area contributed by atoms with Crippen LogP contribution >= 0.6 is 23.5 Å². The van der Waals surface area contributed by atoms with Gasteiger partial charge in [-0.15, -0.1) is 0 Å². The van der Waals surface area contributed by atoms with Gasteiger partial charge >= 0.3 is 142 Å². The summed E-state index contributed by atoms with van der Waals surface area (Å²) in [6, 6.07) is 0. The molecule has 4 atom stereocenters. The van der Waals surface area contributed by atoms with Gasteiger partial charge < -0.3 is 0 Å². The first kappa shape index (κ1) is 14.5. The van der Waals surface area contributed by atoms with E-state index in [1.54, 1.807) is 8.83 Å². The Bertz CT molecular complexity index is 306. The first-order valence-electron chi connectivity index (χ1n) is 5.78. The van der Waals surface area contributed by atoms with Gasteiger partial charge in [-0.2, -0.15) is 0 Å². The standard InChI is InChI=1S/C11H14S2Se4/c14-8(1-6-3-12-6)10-5-16-11(17-10)9(15)2-7-4-13-7/h6-7,10-11H,1-5H2. The molecule has 0 saturated carbocycles. The molecule has 0 N–H and O–H groups in total. The van der Waals surface area contributed by atoms with E-state index in [0.717, 1.165) is 48.9 Å². The maximum absolute atomic E-state index is 3.41. The monoisotopic (exact) mass is 530 g/mol. The Morgan fingerprint density at radius 1 is 1.06 bits per heavy atom. The average Bonchev–Trinajstić information content (AvgIpc) is 3.22. The summed E-state index contributed by atoms with van der Waals surface area (Å²) in [6.07, 6.45) is 2.76. The number of thioether (sulfide) groups is 2. The van der Waals surface area contributed by atoms with Gasteiger partial charge in [0.05, 0.1) is 0 Å². The van der Waals surface area contributed by atoms with Crippen LogP contribution in [0.2, 0.25) is 13.9 Å². The molecule has 0 radical (unpaired) electrons. The SMILES string of the molecule is [Se]=C(CC1CS1)C1C[Se]C(C(=[Se])CC2CS2)[Se]1. The van der Waals surface area contributed by atoms with Crippen LogP contribution in [0, 0.1) is 0 Å². The van der Waals surface area contributed by atoms with E-state index < -0.39 is 0 Å². The molecule has 3 heterocycles. The van der Waals surface area contributed by atoms with Gasteiger partial charge in [0.25, 0.3) is 0 Å². The quantitative estimate of drug-likeness (QED) is 0.376. The van der Waals surface area contributed by atoms with E-state index in [1.807, 2.05) is 0 Å². The zero-order valence-electron chi connectivity index (χ0n) is 9.29. The van der Waals surface area contributed by atoms with Crippen LogP contribution in [0.25, 0.3) is 0 Å². The average molecular weight is 526 g/mol. The van der Waals surface area contributed by atoms with Crippen LogP contribution in [0.4, 0.5) is 0 Å². The van der Waals surface area contributed by atoms with Crippen LogP contribution in [0.1, 0.15) is 12.8 Å². The minimum atomic E-state index is 0.847. The van der Waals surface area contributed by atoms with Gasteiger partial charge in [-0.05, 0) is 0 Å². The van der Waals surface area contributed by atoms with Gasteiger partial charge in [0, 0.05) is 0 Å². The van der Waals surface area contributed by atoms with Crippen molar-refractivity contribution >= 4 is 93.4 Å². The molecule has 3 aliphatic rings. The molecule has 0 aromatic rings. The van der Waals surface area contributed by atoms with Gasteiger partial charge in [-0.25, -0.2) is 0 Å². The summed E-state index contributed by atoms with van der Waals surface area (Å²) in [7, 11) is 0. The van der Waals surface area contributed by atoms with E-state index in [-0.39, 0.29) is 0 Å². The van der Waals surface area contributed by atoms with Crippen molar-refractivity contribution in [2.45, 2.75) is 37.2 Å². The predicted molar refractivity (Wildman–Crippen MR) is 87.1 cm³/mol. The molecule has 3 saturated heterocycles. The van der Waals surface area contributed by atoms with Gasteiger partial charge in [-0.3, -0.25) is 0 Å². The number of hydrogen-bond acceptors (Lipinski definition) is 2. The molecule has 3 rings (SSSR count). The summed E-state index contributed by atoms with van der Waals surface area (Å²) < 4.78 is 4.46. The van der Waals surface area contributed by atoms with Crippen LogP contribution in [-0.2, 0) is 0 Å². The molecule has 17 heavy (non-hydrogen) atoms. The van der Waals surface area contributed by atoms with Crippen LogP contribution in [0.15, 0.2) is 0 Å². The van der Waals surface area contributed by atoms with Gasteiger partial charge in [0.2, 0.25) is 0 Å². The molecule has 3 fully saturated rings. The van der Waals surface area contributed by atoms with Gasteiger partial charge in [0.1, 0.15) is 0 Å². The summed E-state index contributed by atoms with van der Waals surface area (Å²) in [5.74, 6) is 2.83. The molecule has 6 heteroatoms. The summed E-state index contributed by atoms with van der Waals surface area (Å²) >= 11 is 12.8. The van der Waals surface area contributed by atoms with E-state index in [9.17, 15) is 0 Å². The molecule has 0 spiro atoms. The Labute approximate surface area is 140 Å². The molecular formula is C11H14S2Se4. The van der Waals surface area contributed by atoms with Crippen molar-refractivity contribution in [2.24, 2.45) is 0 Å². The Hall–Kier alpha value is 2.52. The van der Waals surface area contributed by atoms with Crippen molar-refractivity contribution in [3.8, 4) is 0 Å². The first-order valence-corrected chi connectivity index (χ1v) is 13.8. The molecule has 0 aromatic carbocycles. The van der Waals surface area contributed by atoms with Crippen LogP contribution in [-0.4, -0.2) is 91.9 Å². The van der Waals surface area contributed by atoms with Crippen LogP contribution < -0.4 is 0 Å². The third-order valence-electron chi connectivity index (χ3n) is 2.97. The summed E-state index contributed by atoms with van der Waals surface area (Å²) in [4.78, 5) is 0.976. The van der Waals surface area contributed by atoms with Gasteiger partial charge in [0.15, 0.2) is 0 Å². The second-order valence-corrected chi connectivity index (χ2v) is 16.1. The first-order chi connectivity index (χ1) is 8.22. The molecule has 3 aliphatic heterocycles. The topological polar surface area (TPSA) is 0 Å². The zero-order chi connectivity index (χ0) is 11.8. The third kappa shape index (κ3) is 4.50. The maximum atomic E-state index is 3.41. The fraction of sp³-hybridized carbons (Fsp3) is 0.818. The number of rotatable bonds is 6. The van der Waals surface area contributed by atoms with Gasteiger partial charge in [-0.1, -0.05) is 0 Å². The van der Waals surface area contributed by atoms with Crippen molar-refractivity contribution in [3.63, 3.8) is 0 Å². The molecule has 94 valence electrons. The Kier molecular flexibility index (Phi) is 5.55. The molecular weight excluding hydrogens is 512 g/mol. The van der Waals surface area contributed by atoms with Crippen molar-refractivity contribution in [1.82, 2.24) is 0 Å². The van der Waals surface area contributed by atoms with E-state index in [4.69, 9.17) is 0 Å². The molecule has 4 unspecified atom stereocenters. The third-order valence-corrected chi connectivity index (χ3v) is 17.8. The van der Waals surface area contributed by atoms with E-state index >= 15 is 0 Å².